The van der Waals surface area contributed by atoms with Gasteiger partial charge in [-0.2, -0.15) is 13.2 Å². The van der Waals surface area contributed by atoms with E-state index < -0.39 is 46.8 Å². The van der Waals surface area contributed by atoms with Gasteiger partial charge < -0.3 is 30.7 Å². The Morgan fingerprint density at radius 3 is 2.38 bits per heavy atom. The van der Waals surface area contributed by atoms with Crippen LogP contribution in [0.5, 0.6) is 11.5 Å². The molecule has 0 radical (unpaired) electrons. The van der Waals surface area contributed by atoms with Gasteiger partial charge in [0.2, 0.25) is 0 Å². The summed E-state index contributed by atoms with van der Waals surface area (Å²) in [6, 6.07) is 21.7. The van der Waals surface area contributed by atoms with Crippen LogP contribution in [0, 0.1) is 5.41 Å². The molecule has 0 unspecified atom stereocenters. The molecule has 4 aromatic carbocycles. The van der Waals surface area contributed by atoms with Gasteiger partial charge in [-0.15, -0.1) is 0 Å². The molecule has 0 bridgehead atoms. The highest BCUT2D eigenvalue weighted by atomic mass is 35.5. The minimum Gasteiger partial charge on any atom is -0.456 e. The molecule has 63 heavy (non-hydrogen) atoms. The van der Waals surface area contributed by atoms with E-state index in [4.69, 9.17) is 16.3 Å². The van der Waals surface area contributed by atoms with Crippen molar-refractivity contribution in [1.29, 1.82) is 0 Å². The number of nitrogens with one attached hydrogen (secondary N) is 5. The second-order valence-corrected chi connectivity index (χ2v) is 20.5. The molecule has 2 heterocycles. The van der Waals surface area contributed by atoms with E-state index in [1.807, 2.05) is 34.9 Å². The fourth-order valence-electron chi connectivity index (χ4n) is 7.62. The van der Waals surface area contributed by atoms with Crippen LogP contribution in [0.4, 0.5) is 24.5 Å². The van der Waals surface area contributed by atoms with Gasteiger partial charge in [0, 0.05) is 79.7 Å². The van der Waals surface area contributed by atoms with Crippen molar-refractivity contribution in [2.75, 3.05) is 63.6 Å². The number of allylic oxidation sites excluding steroid dienone is 1. The molecule has 1 saturated heterocycles. The van der Waals surface area contributed by atoms with Gasteiger partial charge in [0.15, 0.2) is 0 Å². The molecule has 7 rings (SSSR count). The molecular weight excluding hydrogens is 879 g/mol. The van der Waals surface area contributed by atoms with Gasteiger partial charge in [-0.25, -0.2) is 26.6 Å². The number of benzene rings is 4. The van der Waals surface area contributed by atoms with Crippen molar-refractivity contribution >= 4 is 65.2 Å². The first-order valence-electron chi connectivity index (χ1n) is 20.3. The normalized spacial score (nSPS) is 16.6. The van der Waals surface area contributed by atoms with Gasteiger partial charge in [-0.1, -0.05) is 49.2 Å². The van der Waals surface area contributed by atoms with Crippen molar-refractivity contribution in [1.82, 2.24) is 24.9 Å². The lowest BCUT2D eigenvalue weighted by Crippen LogP contribution is -2.47. The number of alkyl halides is 3. The number of sulfonamides is 1. The Kier molecular flexibility index (Phi) is 13.5. The van der Waals surface area contributed by atoms with Gasteiger partial charge in [0.05, 0.1) is 16.1 Å². The maximum atomic E-state index is 13.9. The summed E-state index contributed by atoms with van der Waals surface area (Å²) >= 11 is 6.17. The third-order valence-electron chi connectivity index (χ3n) is 11.2. The predicted molar refractivity (Wildman–Crippen MR) is 239 cm³/mol. The van der Waals surface area contributed by atoms with Crippen LogP contribution in [0.2, 0.25) is 5.02 Å². The third kappa shape index (κ3) is 10.8. The zero-order chi connectivity index (χ0) is 45.2. The van der Waals surface area contributed by atoms with Gasteiger partial charge in [0.1, 0.15) is 16.4 Å². The predicted octanol–water partition coefficient (Wildman–Crippen LogP) is 8.27. The number of H-pyrrole nitrogens is 1. The van der Waals surface area contributed by atoms with Crippen molar-refractivity contribution in [2.45, 2.75) is 48.4 Å². The van der Waals surface area contributed by atoms with Crippen LogP contribution in [0.3, 0.4) is 0 Å². The van der Waals surface area contributed by atoms with E-state index in [1.54, 1.807) is 41.5 Å². The number of hydrazine groups is 1. The minimum atomic E-state index is -6.05. The largest absolute Gasteiger partial charge is 0.501 e. The highest BCUT2D eigenvalue weighted by Crippen LogP contribution is 2.43. The highest BCUT2D eigenvalue weighted by molar-refractivity contribution is 7.92. The number of amides is 1. The second-order valence-electron chi connectivity index (χ2n) is 16.5. The van der Waals surface area contributed by atoms with Gasteiger partial charge >= 0.3 is 5.51 Å². The molecule has 1 amide bonds. The summed E-state index contributed by atoms with van der Waals surface area (Å²) in [7, 11) is -9.13. The number of rotatable bonds is 15. The summed E-state index contributed by atoms with van der Waals surface area (Å²) in [5.74, 6) is -0.834. The number of hydrogen-bond donors (Lipinski definition) is 5. The molecule has 5 aromatic rings. The maximum absolute atomic E-state index is 13.9. The molecule has 0 saturated carbocycles. The number of aromatic amines is 1. The fourth-order valence-corrected chi connectivity index (χ4v) is 9.75. The van der Waals surface area contributed by atoms with E-state index in [2.05, 4.69) is 47.0 Å². The molecule has 1 aliphatic heterocycles. The van der Waals surface area contributed by atoms with Crippen LogP contribution >= 0.6 is 11.6 Å². The molecule has 19 heteroatoms. The van der Waals surface area contributed by atoms with Crippen molar-refractivity contribution in [3.8, 4) is 11.5 Å². The van der Waals surface area contributed by atoms with Crippen LogP contribution in [0.15, 0.2) is 106 Å². The number of carbonyl (C=O) groups is 1. The molecule has 13 nitrogen and oxygen atoms in total. The summed E-state index contributed by atoms with van der Waals surface area (Å²) in [5, 5.41) is 9.76. The van der Waals surface area contributed by atoms with E-state index in [1.165, 1.54) is 17.2 Å². The van der Waals surface area contributed by atoms with Crippen LogP contribution in [0.1, 0.15) is 49.0 Å². The molecule has 336 valence electrons. The zero-order valence-electron chi connectivity index (χ0n) is 34.9. The Labute approximate surface area is 370 Å². The standard InChI is InChI=1S/C44H49ClF3N7O6S2/c1-43(2)17-15-30(36(27-43)29-7-9-31(45)10-8-29)28-49-19-20-50-32-11-13-35(40(25-32)61-39-6-4-5-37-34(39)16-18-51-37)42(56)53-63(59,60)33-12-14-38(52-55-23-21-54(3)22-24-55)41(26-33)62(57,58)44(46,47)48/h4-14,16,18,25-26,49-52H,15,17,19-24,27-28H2,1-3H3,(H,53,56). The smallest absolute Gasteiger partial charge is 0.456 e. The summed E-state index contributed by atoms with van der Waals surface area (Å²) in [4.78, 5) is 16.8. The summed E-state index contributed by atoms with van der Waals surface area (Å²) < 4.78 is 103. The number of halogens is 4. The minimum absolute atomic E-state index is 0.0241. The van der Waals surface area contributed by atoms with Crippen molar-refractivity contribution < 1.29 is 39.5 Å². The molecular formula is C44H49ClF3N7O6S2. The van der Waals surface area contributed by atoms with Crippen LogP contribution in [0.25, 0.3) is 16.5 Å². The lowest BCUT2D eigenvalue weighted by atomic mass is 9.72. The van der Waals surface area contributed by atoms with Gasteiger partial charge in [0.25, 0.3) is 25.8 Å². The number of likely N-dealkylation sites (N-methyl/N-ethyl adjacent to an activating group) is 1. The Morgan fingerprint density at radius 1 is 0.905 bits per heavy atom. The number of sulfone groups is 1. The average molecular weight is 928 g/mol. The monoisotopic (exact) mass is 927 g/mol. The Balaban J connectivity index is 1.10. The third-order valence-corrected chi connectivity index (χ3v) is 14.3. The maximum Gasteiger partial charge on any atom is 0.501 e. The first-order valence-corrected chi connectivity index (χ1v) is 23.7. The lowest BCUT2D eigenvalue weighted by Gasteiger charge is -2.34. The molecule has 5 N–H and O–H groups in total. The zero-order valence-corrected chi connectivity index (χ0v) is 37.3. The van der Waals surface area contributed by atoms with E-state index in [0.717, 1.165) is 42.5 Å². The Bertz CT molecular complexity index is 2740. The molecule has 0 spiro atoms. The number of anilines is 2. The van der Waals surface area contributed by atoms with Crippen molar-refractivity contribution in [2.24, 2.45) is 5.41 Å². The van der Waals surface area contributed by atoms with Gasteiger partial charge in [-0.05, 0) is 104 Å². The van der Waals surface area contributed by atoms with E-state index in [-0.39, 0.29) is 16.7 Å². The van der Waals surface area contributed by atoms with Crippen molar-refractivity contribution in [3.05, 3.63) is 113 Å². The quantitative estimate of drug-likeness (QED) is 0.0642. The summed E-state index contributed by atoms with van der Waals surface area (Å²) in [6.07, 6.45) is 4.70. The number of hydrogen-bond acceptors (Lipinski definition) is 11. The van der Waals surface area contributed by atoms with E-state index >= 15 is 0 Å². The first-order chi connectivity index (χ1) is 29.8. The average Bonchev–Trinajstić information content (AvgIpc) is 3.72. The van der Waals surface area contributed by atoms with Gasteiger partial charge in [-0.3, -0.25) is 4.79 Å². The van der Waals surface area contributed by atoms with Crippen LogP contribution in [-0.2, 0) is 19.9 Å². The second kappa shape index (κ2) is 18.5. The number of ether oxygens (including phenoxy) is 1. The topological polar surface area (TPSA) is 165 Å². The Hall–Kier alpha value is -5.11. The number of nitrogens with zero attached hydrogens (tertiary/aromatic N) is 2. The highest BCUT2D eigenvalue weighted by Gasteiger charge is 2.48. The molecule has 1 fully saturated rings. The fraction of sp³-hybridized carbons (Fsp3) is 0.341. The summed E-state index contributed by atoms with van der Waals surface area (Å²) in [6.45, 7) is 8.12. The van der Waals surface area contributed by atoms with E-state index in [0.29, 0.717) is 73.7 Å². The van der Waals surface area contributed by atoms with Crippen molar-refractivity contribution in [3.63, 3.8) is 0 Å². The van der Waals surface area contributed by atoms with Crippen LogP contribution in [-0.4, -0.2) is 96.0 Å². The van der Waals surface area contributed by atoms with Crippen LogP contribution < -0.4 is 25.5 Å². The molecule has 1 aromatic heterocycles. The molecule has 0 atom stereocenters. The molecule has 1 aliphatic carbocycles. The lowest BCUT2D eigenvalue weighted by molar-refractivity contribution is -0.0436. The van der Waals surface area contributed by atoms with E-state index in [9.17, 15) is 34.8 Å². The summed E-state index contributed by atoms with van der Waals surface area (Å²) in [5.41, 5.74) is 1.57. The Morgan fingerprint density at radius 2 is 1.65 bits per heavy atom. The number of fused-ring (bicyclic) bond motifs is 1. The number of carbonyl (C=O) groups excluding carboxylic acids is 1. The number of aromatic nitrogens is 1. The first kappa shape index (κ1) is 45.9. The SMILES string of the molecule is CN1CCN(Nc2ccc(S(=O)(=O)NC(=O)c3ccc(NCCNCC4=C(c5ccc(Cl)cc5)CC(C)(C)CC4)cc3Oc3cccc4[nH]ccc34)cc2S(=O)(=O)C(F)(F)F)CC1. The molecule has 2 aliphatic rings. The number of piperazine rings is 1.